The monoisotopic (exact) mass is 850 g/mol. The molecule has 2 aliphatic rings. The highest BCUT2D eigenvalue weighted by molar-refractivity contribution is 6.13. The molecule has 6 aromatic rings. The zero-order chi connectivity index (χ0) is 43.8. The molecule has 0 amide bonds. The smallest absolute Gasteiger partial charge is 0.363 e. The standard InChI is InChI=1S/C52H42N4O8/c57-51-47(55-49(63-51)41-9-3-1-4-10-41)33-37-13-21-43(22-14-37)59-29-7-31-61-45-25-17-39(18-26-45)35-53-54-36-40-19-27-46(28-20-40)62-32-8-30-60-44-23-15-38(16-24-44)34-48-52(58)64-50(56-48)42-11-5-2-6-12-42/h1-6,9-28,33-36H,7-8,29-32H2/b47-33-,48-34-,53-35+,54-36+. The van der Waals surface area contributed by atoms with Crippen molar-refractivity contribution in [1.82, 2.24) is 0 Å². The second-order valence-corrected chi connectivity index (χ2v) is 14.3. The molecule has 318 valence electrons. The summed E-state index contributed by atoms with van der Waals surface area (Å²) in [6, 6.07) is 48.8. The van der Waals surface area contributed by atoms with E-state index in [1.165, 1.54) is 0 Å². The van der Waals surface area contributed by atoms with E-state index in [1.54, 1.807) is 24.6 Å². The minimum Gasteiger partial charge on any atom is -0.493 e. The molecule has 0 bridgehead atoms. The Bertz CT molecular complexity index is 2520. The van der Waals surface area contributed by atoms with Gasteiger partial charge in [-0.15, -0.1) is 0 Å². The molecule has 0 N–H and O–H groups in total. The Hall–Kier alpha value is -8.38. The van der Waals surface area contributed by atoms with Crippen molar-refractivity contribution in [3.05, 3.63) is 203 Å². The van der Waals surface area contributed by atoms with Crippen molar-refractivity contribution >= 4 is 48.3 Å². The van der Waals surface area contributed by atoms with Gasteiger partial charge in [0.05, 0.1) is 38.9 Å². The van der Waals surface area contributed by atoms with Crippen LogP contribution in [0.5, 0.6) is 23.0 Å². The number of nitrogens with zero attached hydrogens (tertiary/aromatic N) is 4. The van der Waals surface area contributed by atoms with Gasteiger partial charge in [0.25, 0.3) is 0 Å². The molecule has 12 heteroatoms. The fourth-order valence-corrected chi connectivity index (χ4v) is 6.24. The summed E-state index contributed by atoms with van der Waals surface area (Å²) in [6.45, 7) is 1.96. The van der Waals surface area contributed by atoms with Gasteiger partial charge in [0.1, 0.15) is 23.0 Å². The van der Waals surface area contributed by atoms with E-state index >= 15 is 0 Å². The van der Waals surface area contributed by atoms with Crippen molar-refractivity contribution in [3.8, 4) is 23.0 Å². The zero-order valence-electron chi connectivity index (χ0n) is 34.6. The molecule has 0 saturated carbocycles. The number of ether oxygens (including phenoxy) is 6. The third-order valence-corrected chi connectivity index (χ3v) is 9.54. The summed E-state index contributed by atoms with van der Waals surface area (Å²) < 4.78 is 34.1. The highest BCUT2D eigenvalue weighted by Crippen LogP contribution is 2.23. The minimum absolute atomic E-state index is 0.252. The highest BCUT2D eigenvalue weighted by Gasteiger charge is 2.25. The molecule has 0 saturated heterocycles. The number of cyclic esters (lactones) is 2. The third kappa shape index (κ3) is 12.1. The summed E-state index contributed by atoms with van der Waals surface area (Å²) in [7, 11) is 0. The number of aliphatic imine (C=N–C) groups is 2. The van der Waals surface area contributed by atoms with Gasteiger partial charge in [0.2, 0.25) is 11.8 Å². The summed E-state index contributed by atoms with van der Waals surface area (Å²) in [5, 5.41) is 8.36. The Morgan fingerprint density at radius 1 is 0.406 bits per heavy atom. The van der Waals surface area contributed by atoms with Crippen molar-refractivity contribution in [2.24, 2.45) is 20.2 Å². The molecule has 0 unspecified atom stereocenters. The highest BCUT2D eigenvalue weighted by atomic mass is 16.6. The molecular weight excluding hydrogens is 809 g/mol. The first-order valence-corrected chi connectivity index (χ1v) is 20.6. The second kappa shape index (κ2) is 21.4. The average molecular weight is 851 g/mol. The Kier molecular flexibility index (Phi) is 14.2. The van der Waals surface area contributed by atoms with Crippen LogP contribution in [-0.4, -0.2) is 62.6 Å². The largest absolute Gasteiger partial charge is 0.493 e. The summed E-state index contributed by atoms with van der Waals surface area (Å²) in [6.07, 6.45) is 8.14. The van der Waals surface area contributed by atoms with E-state index in [4.69, 9.17) is 28.4 Å². The summed E-state index contributed by atoms with van der Waals surface area (Å²) >= 11 is 0. The molecule has 0 aromatic heterocycles. The quantitative estimate of drug-likeness (QED) is 0.0258. The maximum Gasteiger partial charge on any atom is 0.363 e. The fraction of sp³-hybridized carbons (Fsp3) is 0.115. The number of hydrogen-bond acceptors (Lipinski definition) is 12. The lowest BCUT2D eigenvalue weighted by molar-refractivity contribution is -0.130. The molecular formula is C52H42N4O8. The van der Waals surface area contributed by atoms with Gasteiger partial charge in [0.15, 0.2) is 11.4 Å². The van der Waals surface area contributed by atoms with Gasteiger partial charge in [-0.1, -0.05) is 60.7 Å². The van der Waals surface area contributed by atoms with Crippen LogP contribution in [0.15, 0.2) is 189 Å². The van der Waals surface area contributed by atoms with Gasteiger partial charge in [-0.2, -0.15) is 10.2 Å². The number of benzene rings is 6. The van der Waals surface area contributed by atoms with E-state index in [-0.39, 0.29) is 11.4 Å². The first-order chi connectivity index (χ1) is 31.5. The maximum atomic E-state index is 12.3. The molecule has 6 aromatic carbocycles. The molecule has 0 spiro atoms. The molecule has 0 aliphatic carbocycles. The van der Waals surface area contributed by atoms with Crippen molar-refractivity contribution in [2.75, 3.05) is 26.4 Å². The molecule has 2 aliphatic heterocycles. The molecule has 0 radical (unpaired) electrons. The molecule has 2 heterocycles. The van der Waals surface area contributed by atoms with Crippen LogP contribution in [0.1, 0.15) is 46.2 Å². The van der Waals surface area contributed by atoms with Crippen molar-refractivity contribution < 1.29 is 38.0 Å². The molecule has 64 heavy (non-hydrogen) atoms. The van der Waals surface area contributed by atoms with E-state index in [2.05, 4.69) is 20.2 Å². The van der Waals surface area contributed by atoms with Crippen LogP contribution in [-0.2, 0) is 19.1 Å². The van der Waals surface area contributed by atoms with Crippen LogP contribution in [0.2, 0.25) is 0 Å². The predicted octanol–water partition coefficient (Wildman–Crippen LogP) is 9.52. The number of esters is 2. The van der Waals surface area contributed by atoms with Crippen LogP contribution < -0.4 is 18.9 Å². The number of rotatable bonds is 19. The first kappa shape index (κ1) is 42.3. The van der Waals surface area contributed by atoms with Gasteiger partial charge in [-0.25, -0.2) is 19.6 Å². The average Bonchev–Trinajstić information content (AvgIpc) is 3.90. The summed E-state index contributed by atoms with van der Waals surface area (Å²) in [5.41, 5.74) is 5.42. The van der Waals surface area contributed by atoms with Gasteiger partial charge in [0, 0.05) is 24.0 Å². The van der Waals surface area contributed by atoms with Gasteiger partial charge >= 0.3 is 11.9 Å². The Morgan fingerprint density at radius 2 is 0.719 bits per heavy atom. The lowest BCUT2D eigenvalue weighted by Gasteiger charge is -2.08. The predicted molar refractivity (Wildman–Crippen MR) is 246 cm³/mol. The Balaban J connectivity index is 0.682. The first-order valence-electron chi connectivity index (χ1n) is 20.6. The lowest BCUT2D eigenvalue weighted by atomic mass is 10.2. The fourth-order valence-electron chi connectivity index (χ4n) is 6.24. The van der Waals surface area contributed by atoms with E-state index < -0.39 is 11.9 Å². The summed E-state index contributed by atoms with van der Waals surface area (Å²) in [5.74, 6) is 2.59. The number of carbonyl (C=O) groups excluding carboxylic acids is 2. The van der Waals surface area contributed by atoms with Crippen LogP contribution in [0.4, 0.5) is 0 Å². The molecule has 0 atom stereocenters. The van der Waals surface area contributed by atoms with Crippen LogP contribution in [0.3, 0.4) is 0 Å². The van der Waals surface area contributed by atoms with Crippen LogP contribution in [0, 0.1) is 0 Å². The van der Waals surface area contributed by atoms with E-state index in [0.717, 1.165) is 56.4 Å². The van der Waals surface area contributed by atoms with E-state index in [0.29, 0.717) is 51.1 Å². The van der Waals surface area contributed by atoms with E-state index in [1.807, 2.05) is 158 Å². The molecule has 12 nitrogen and oxygen atoms in total. The van der Waals surface area contributed by atoms with Crippen LogP contribution >= 0.6 is 0 Å². The molecule has 0 fully saturated rings. The SMILES string of the molecule is O=C1OC(c2ccccc2)=N/C1=C\c1ccc(OCCCOc2ccc(/C=N/N=C/c3ccc(OCCCOc4ccc(/C=C5\N=C(c6ccccc6)OC5=O)cc4)cc3)cc2)cc1. The Morgan fingerprint density at radius 3 is 1.05 bits per heavy atom. The normalized spacial score (nSPS) is 14.8. The third-order valence-electron chi connectivity index (χ3n) is 9.54. The zero-order valence-corrected chi connectivity index (χ0v) is 34.6. The van der Waals surface area contributed by atoms with Gasteiger partial charge in [-0.3, -0.25) is 0 Å². The van der Waals surface area contributed by atoms with E-state index in [9.17, 15) is 9.59 Å². The Labute approximate surface area is 370 Å². The van der Waals surface area contributed by atoms with Crippen LogP contribution in [0.25, 0.3) is 12.2 Å². The van der Waals surface area contributed by atoms with Gasteiger partial charge in [-0.05, 0) is 131 Å². The minimum atomic E-state index is -0.476. The van der Waals surface area contributed by atoms with Crippen molar-refractivity contribution in [1.29, 1.82) is 0 Å². The van der Waals surface area contributed by atoms with Gasteiger partial charge < -0.3 is 28.4 Å². The molecule has 8 rings (SSSR count). The van der Waals surface area contributed by atoms with Crippen molar-refractivity contribution in [2.45, 2.75) is 12.8 Å². The second-order valence-electron chi connectivity index (χ2n) is 14.3. The lowest BCUT2D eigenvalue weighted by Crippen LogP contribution is -2.05. The number of carbonyl (C=O) groups is 2. The van der Waals surface area contributed by atoms with Crippen molar-refractivity contribution in [3.63, 3.8) is 0 Å². The number of hydrogen-bond donors (Lipinski definition) is 0. The maximum absolute atomic E-state index is 12.3. The topological polar surface area (TPSA) is 139 Å². The summed E-state index contributed by atoms with van der Waals surface area (Å²) in [4.78, 5) is 33.3.